The van der Waals surface area contributed by atoms with Gasteiger partial charge in [-0.1, -0.05) is 18.2 Å². The highest BCUT2D eigenvalue weighted by molar-refractivity contribution is 7.89. The molecule has 0 unspecified atom stereocenters. The molecular weight excluding hydrogens is 282 g/mol. The van der Waals surface area contributed by atoms with Crippen LogP contribution in [-0.2, 0) is 14.8 Å². The van der Waals surface area contributed by atoms with Gasteiger partial charge in [-0.25, -0.2) is 17.9 Å². The Morgan fingerprint density at radius 1 is 1.67 bits per heavy atom. The standard InChI is InChI=1S/C9H12ClN3O4S/c1-3-17-9(14)7-5-11-13-8(7)18(15,16)12-4-6(2)10/h5,12H,2-4H2,1H3,(H,11,13). The number of hydrogen-bond donors (Lipinski definition) is 2. The van der Waals surface area contributed by atoms with Crippen LogP contribution in [0.25, 0.3) is 0 Å². The predicted octanol–water partition coefficient (Wildman–Crippen LogP) is 0.617. The van der Waals surface area contributed by atoms with E-state index in [1.807, 2.05) is 0 Å². The highest BCUT2D eigenvalue weighted by Crippen LogP contribution is 2.13. The quantitative estimate of drug-likeness (QED) is 0.749. The van der Waals surface area contributed by atoms with Crippen LogP contribution in [0.1, 0.15) is 17.3 Å². The Hall–Kier alpha value is -1.38. The van der Waals surface area contributed by atoms with Gasteiger partial charge >= 0.3 is 5.97 Å². The number of aromatic nitrogens is 2. The molecular formula is C9H12ClN3O4S. The van der Waals surface area contributed by atoms with Crippen molar-refractivity contribution >= 4 is 27.6 Å². The van der Waals surface area contributed by atoms with E-state index in [-0.39, 0.29) is 28.8 Å². The van der Waals surface area contributed by atoms with Crippen molar-refractivity contribution in [1.82, 2.24) is 14.9 Å². The zero-order valence-corrected chi connectivity index (χ0v) is 11.1. The number of halogens is 1. The minimum Gasteiger partial charge on any atom is -0.462 e. The highest BCUT2D eigenvalue weighted by atomic mass is 35.5. The third-order valence-electron chi connectivity index (χ3n) is 1.82. The zero-order chi connectivity index (χ0) is 13.8. The summed E-state index contributed by atoms with van der Waals surface area (Å²) >= 11 is 5.46. The topological polar surface area (TPSA) is 101 Å². The molecule has 0 radical (unpaired) electrons. The van der Waals surface area contributed by atoms with Gasteiger partial charge in [-0.2, -0.15) is 5.10 Å². The Morgan fingerprint density at radius 2 is 2.33 bits per heavy atom. The van der Waals surface area contributed by atoms with Crippen molar-refractivity contribution in [3.8, 4) is 0 Å². The zero-order valence-electron chi connectivity index (χ0n) is 9.57. The van der Waals surface area contributed by atoms with Crippen LogP contribution < -0.4 is 4.72 Å². The molecule has 0 aromatic carbocycles. The van der Waals surface area contributed by atoms with E-state index in [9.17, 15) is 13.2 Å². The molecule has 7 nitrogen and oxygen atoms in total. The number of hydrogen-bond acceptors (Lipinski definition) is 5. The van der Waals surface area contributed by atoms with Crippen LogP contribution in [0.2, 0.25) is 0 Å². The lowest BCUT2D eigenvalue weighted by molar-refractivity contribution is 0.0522. The molecule has 18 heavy (non-hydrogen) atoms. The minimum atomic E-state index is -3.92. The van der Waals surface area contributed by atoms with Crippen LogP contribution in [0.3, 0.4) is 0 Å². The maximum atomic E-state index is 11.8. The fraction of sp³-hybridized carbons (Fsp3) is 0.333. The number of nitrogens with one attached hydrogen (secondary N) is 2. The van der Waals surface area contributed by atoms with Crippen molar-refractivity contribution in [2.45, 2.75) is 11.9 Å². The van der Waals surface area contributed by atoms with Crippen molar-refractivity contribution in [3.05, 3.63) is 23.4 Å². The van der Waals surface area contributed by atoms with Crippen molar-refractivity contribution in [2.24, 2.45) is 0 Å². The summed E-state index contributed by atoms with van der Waals surface area (Å²) in [5, 5.41) is 5.51. The maximum Gasteiger partial charge on any atom is 0.342 e. The summed E-state index contributed by atoms with van der Waals surface area (Å²) in [6, 6.07) is 0. The van der Waals surface area contributed by atoms with E-state index < -0.39 is 16.0 Å². The summed E-state index contributed by atoms with van der Waals surface area (Å²) in [6.45, 7) is 4.95. The van der Waals surface area contributed by atoms with E-state index in [2.05, 4.69) is 21.5 Å². The van der Waals surface area contributed by atoms with E-state index in [1.165, 1.54) is 0 Å². The smallest absolute Gasteiger partial charge is 0.342 e. The van der Waals surface area contributed by atoms with Crippen molar-refractivity contribution < 1.29 is 17.9 Å². The average molecular weight is 294 g/mol. The number of aromatic amines is 1. The Balaban J connectivity index is 2.99. The van der Waals surface area contributed by atoms with Gasteiger partial charge in [0.15, 0.2) is 5.03 Å². The van der Waals surface area contributed by atoms with Crippen molar-refractivity contribution in [3.63, 3.8) is 0 Å². The van der Waals surface area contributed by atoms with Crippen molar-refractivity contribution in [1.29, 1.82) is 0 Å². The summed E-state index contributed by atoms with van der Waals surface area (Å²) in [5.41, 5.74) is -0.162. The fourth-order valence-electron chi connectivity index (χ4n) is 1.08. The van der Waals surface area contributed by atoms with Gasteiger partial charge in [0.05, 0.1) is 12.8 Å². The molecule has 0 saturated carbocycles. The summed E-state index contributed by atoms with van der Waals surface area (Å²) < 4.78 is 30.5. The highest BCUT2D eigenvalue weighted by Gasteiger charge is 2.25. The number of rotatable bonds is 6. The molecule has 0 fully saturated rings. The van der Waals surface area contributed by atoms with Gasteiger partial charge in [-0.15, -0.1) is 0 Å². The first-order valence-electron chi connectivity index (χ1n) is 4.92. The summed E-state index contributed by atoms with van der Waals surface area (Å²) in [5.74, 6) is -0.767. The maximum absolute atomic E-state index is 11.8. The molecule has 100 valence electrons. The van der Waals surface area contributed by atoms with Crippen LogP contribution >= 0.6 is 11.6 Å². The second-order valence-corrected chi connectivity index (χ2v) is 5.41. The molecule has 9 heteroatoms. The Bertz CT molecular complexity index is 552. The van der Waals surface area contributed by atoms with Gasteiger partial charge in [-0.3, -0.25) is 5.10 Å². The predicted molar refractivity (Wildman–Crippen MR) is 64.7 cm³/mol. The van der Waals surface area contributed by atoms with Gasteiger partial charge in [0.25, 0.3) is 10.0 Å². The largest absolute Gasteiger partial charge is 0.462 e. The number of H-pyrrole nitrogens is 1. The minimum absolute atomic E-state index is 0.121. The number of carbonyl (C=O) groups is 1. The van der Waals surface area contributed by atoms with Crippen LogP contribution in [0.15, 0.2) is 22.8 Å². The second-order valence-electron chi connectivity index (χ2n) is 3.18. The average Bonchev–Trinajstić information content (AvgIpc) is 2.76. The molecule has 0 aliphatic carbocycles. The first-order chi connectivity index (χ1) is 8.38. The van der Waals surface area contributed by atoms with Crippen LogP contribution in [0.5, 0.6) is 0 Å². The number of carbonyl (C=O) groups excluding carboxylic acids is 1. The summed E-state index contributed by atoms with van der Waals surface area (Å²) in [6.07, 6.45) is 1.09. The fourth-order valence-corrected chi connectivity index (χ4v) is 2.33. The van der Waals surface area contributed by atoms with E-state index in [0.717, 1.165) is 6.20 Å². The van der Waals surface area contributed by atoms with Crippen LogP contribution in [0.4, 0.5) is 0 Å². The van der Waals surface area contributed by atoms with Crippen molar-refractivity contribution in [2.75, 3.05) is 13.2 Å². The van der Waals surface area contributed by atoms with Gasteiger partial charge < -0.3 is 4.74 Å². The normalized spacial score (nSPS) is 11.2. The van der Waals surface area contributed by atoms with E-state index >= 15 is 0 Å². The molecule has 0 atom stereocenters. The van der Waals surface area contributed by atoms with Crippen LogP contribution in [0, 0.1) is 0 Å². The molecule has 1 aromatic heterocycles. The third kappa shape index (κ3) is 3.56. The lowest BCUT2D eigenvalue weighted by atomic mass is 10.4. The molecule has 1 rings (SSSR count). The lowest BCUT2D eigenvalue weighted by Gasteiger charge is -2.05. The number of ether oxygens (including phenoxy) is 1. The number of sulfonamides is 1. The van der Waals surface area contributed by atoms with E-state index in [1.54, 1.807) is 6.92 Å². The number of nitrogens with zero attached hydrogens (tertiary/aromatic N) is 1. The SMILES string of the molecule is C=C(Cl)CNS(=O)(=O)c1[nH]ncc1C(=O)OCC. The molecule has 0 aliphatic heterocycles. The second kappa shape index (κ2) is 5.98. The van der Waals surface area contributed by atoms with Gasteiger partial charge in [0.2, 0.25) is 0 Å². The van der Waals surface area contributed by atoms with Gasteiger partial charge in [0, 0.05) is 11.6 Å². The van der Waals surface area contributed by atoms with Gasteiger partial charge in [0.1, 0.15) is 5.56 Å². The first-order valence-corrected chi connectivity index (χ1v) is 6.78. The molecule has 2 N–H and O–H groups in total. The molecule has 0 amide bonds. The van der Waals surface area contributed by atoms with Crippen LogP contribution in [-0.4, -0.2) is 37.7 Å². The molecule has 0 saturated heterocycles. The molecule has 0 aliphatic rings. The Labute approximate surface area is 109 Å². The monoisotopic (exact) mass is 293 g/mol. The Morgan fingerprint density at radius 3 is 2.89 bits per heavy atom. The first kappa shape index (κ1) is 14.7. The van der Waals surface area contributed by atoms with Gasteiger partial charge in [-0.05, 0) is 6.92 Å². The number of esters is 1. The molecule has 0 bridgehead atoms. The molecule has 0 spiro atoms. The summed E-state index contributed by atoms with van der Waals surface area (Å²) in [4.78, 5) is 11.5. The lowest BCUT2D eigenvalue weighted by Crippen LogP contribution is -2.27. The van der Waals surface area contributed by atoms with E-state index in [4.69, 9.17) is 16.3 Å². The summed E-state index contributed by atoms with van der Waals surface area (Å²) in [7, 11) is -3.92. The molecule has 1 aromatic rings. The molecule has 1 heterocycles. The van der Waals surface area contributed by atoms with E-state index in [0.29, 0.717) is 0 Å². The Kier molecular flexibility index (Phi) is 4.88. The third-order valence-corrected chi connectivity index (χ3v) is 3.33.